The Morgan fingerprint density at radius 3 is 2.65 bits per heavy atom. The molecule has 0 aromatic heterocycles. The van der Waals surface area contributed by atoms with Gasteiger partial charge in [0.25, 0.3) is 0 Å². The van der Waals surface area contributed by atoms with E-state index in [1.54, 1.807) is 6.92 Å². The number of amides is 2. The molecular weight excluding hydrogens is 358 g/mol. The highest BCUT2D eigenvalue weighted by Gasteiger charge is 2.23. The first-order chi connectivity index (χ1) is 11.0. The number of carbonyl (C=O) groups excluding carboxylic acids is 2. The van der Waals surface area contributed by atoms with Crippen LogP contribution in [0.25, 0.3) is 0 Å². The maximum atomic E-state index is 12.0. The Labute approximate surface area is 146 Å². The summed E-state index contributed by atoms with van der Waals surface area (Å²) in [5.74, 6) is 0.155. The van der Waals surface area contributed by atoms with Crippen molar-refractivity contribution in [2.45, 2.75) is 32.2 Å². The van der Waals surface area contributed by atoms with Gasteiger partial charge in [0.2, 0.25) is 11.8 Å². The molecule has 2 amide bonds. The quantitative estimate of drug-likeness (QED) is 0.852. The minimum atomic E-state index is 0.0334. The van der Waals surface area contributed by atoms with Crippen LogP contribution < -0.4 is 5.32 Å². The lowest BCUT2D eigenvalue weighted by atomic mass is 10.0. The van der Waals surface area contributed by atoms with E-state index < -0.39 is 0 Å². The van der Waals surface area contributed by atoms with Crippen LogP contribution in [0.3, 0.4) is 0 Å². The van der Waals surface area contributed by atoms with Gasteiger partial charge in [-0.1, -0.05) is 22.0 Å². The highest BCUT2D eigenvalue weighted by atomic mass is 79.9. The molecule has 0 atom stereocenters. The smallest absolute Gasteiger partial charge is 0.225 e. The van der Waals surface area contributed by atoms with Gasteiger partial charge >= 0.3 is 0 Å². The molecule has 1 aliphatic heterocycles. The predicted molar refractivity (Wildman–Crippen MR) is 95.3 cm³/mol. The predicted octanol–water partition coefficient (Wildman–Crippen LogP) is 2.72. The molecule has 0 saturated carbocycles. The van der Waals surface area contributed by atoms with E-state index >= 15 is 0 Å². The third kappa shape index (κ3) is 5.62. The van der Waals surface area contributed by atoms with Crippen LogP contribution in [0.15, 0.2) is 28.7 Å². The minimum Gasteiger partial charge on any atom is -0.343 e. The van der Waals surface area contributed by atoms with Crippen LogP contribution in [-0.2, 0) is 9.59 Å². The van der Waals surface area contributed by atoms with Crippen molar-refractivity contribution >= 4 is 33.4 Å². The molecule has 1 fully saturated rings. The molecular formula is C17H24BrN3O2. The first kappa shape index (κ1) is 17.9. The van der Waals surface area contributed by atoms with Crippen molar-refractivity contribution < 1.29 is 9.59 Å². The van der Waals surface area contributed by atoms with Crippen molar-refractivity contribution in [1.82, 2.24) is 9.80 Å². The lowest BCUT2D eigenvalue weighted by Crippen LogP contribution is -2.45. The van der Waals surface area contributed by atoms with Crippen LogP contribution in [0.1, 0.15) is 26.2 Å². The maximum Gasteiger partial charge on any atom is 0.225 e. The van der Waals surface area contributed by atoms with Crippen LogP contribution in [0.2, 0.25) is 0 Å². The summed E-state index contributed by atoms with van der Waals surface area (Å²) in [6.45, 7) is 4.24. The van der Waals surface area contributed by atoms with E-state index in [9.17, 15) is 9.59 Å². The lowest BCUT2D eigenvalue weighted by molar-refractivity contribution is -0.130. The highest BCUT2D eigenvalue weighted by Crippen LogP contribution is 2.17. The van der Waals surface area contributed by atoms with Crippen LogP contribution >= 0.6 is 15.9 Å². The first-order valence-electron chi connectivity index (χ1n) is 7.97. The third-order valence-electron chi connectivity index (χ3n) is 4.36. The molecule has 0 unspecified atom stereocenters. The fraction of sp³-hybridized carbons (Fsp3) is 0.529. The molecule has 23 heavy (non-hydrogen) atoms. The molecule has 1 heterocycles. The monoisotopic (exact) mass is 381 g/mol. The summed E-state index contributed by atoms with van der Waals surface area (Å²) in [7, 11) is 1.87. The average Bonchev–Trinajstić information content (AvgIpc) is 2.52. The number of anilines is 1. The van der Waals surface area contributed by atoms with Gasteiger partial charge in [-0.25, -0.2) is 0 Å². The summed E-state index contributed by atoms with van der Waals surface area (Å²) >= 11 is 3.39. The molecule has 2 rings (SSSR count). The normalized spacial score (nSPS) is 16.1. The van der Waals surface area contributed by atoms with Gasteiger partial charge in [0, 0.05) is 56.2 Å². The molecule has 6 heteroatoms. The van der Waals surface area contributed by atoms with Gasteiger partial charge in [-0.3, -0.25) is 9.59 Å². The SMILES string of the molecule is CC(=O)N(C)C1CCN(CCC(=O)Nc2cccc(Br)c2)CC1. The summed E-state index contributed by atoms with van der Waals surface area (Å²) in [6.07, 6.45) is 2.44. The van der Waals surface area contributed by atoms with E-state index in [1.165, 1.54) is 0 Å². The Kier molecular flexibility index (Phi) is 6.59. The van der Waals surface area contributed by atoms with E-state index in [1.807, 2.05) is 36.2 Å². The van der Waals surface area contributed by atoms with Crippen molar-refractivity contribution in [3.05, 3.63) is 28.7 Å². The Balaban J connectivity index is 1.71. The number of piperidine rings is 1. The average molecular weight is 382 g/mol. The molecule has 1 saturated heterocycles. The molecule has 5 nitrogen and oxygen atoms in total. The molecule has 0 spiro atoms. The zero-order chi connectivity index (χ0) is 16.8. The van der Waals surface area contributed by atoms with Gasteiger partial charge in [-0.05, 0) is 31.0 Å². The largest absolute Gasteiger partial charge is 0.343 e. The number of carbonyl (C=O) groups is 2. The summed E-state index contributed by atoms with van der Waals surface area (Å²) in [5.41, 5.74) is 0.811. The lowest BCUT2D eigenvalue weighted by Gasteiger charge is -2.36. The molecule has 0 radical (unpaired) electrons. The number of rotatable bonds is 5. The second-order valence-corrected chi connectivity index (χ2v) is 6.93. The molecule has 0 aliphatic carbocycles. The number of hydrogen-bond donors (Lipinski definition) is 1. The second-order valence-electron chi connectivity index (χ2n) is 6.01. The van der Waals surface area contributed by atoms with Crippen LogP contribution in [0.5, 0.6) is 0 Å². The Bertz CT molecular complexity index is 557. The molecule has 0 bridgehead atoms. The van der Waals surface area contributed by atoms with E-state index in [0.29, 0.717) is 12.5 Å². The van der Waals surface area contributed by atoms with E-state index in [4.69, 9.17) is 0 Å². The van der Waals surface area contributed by atoms with Gasteiger partial charge in [0.05, 0.1) is 0 Å². The Morgan fingerprint density at radius 2 is 2.04 bits per heavy atom. The maximum absolute atomic E-state index is 12.0. The fourth-order valence-electron chi connectivity index (χ4n) is 2.84. The number of nitrogens with one attached hydrogen (secondary N) is 1. The number of benzene rings is 1. The van der Waals surface area contributed by atoms with Gasteiger partial charge in [-0.2, -0.15) is 0 Å². The third-order valence-corrected chi connectivity index (χ3v) is 4.86. The second kappa shape index (κ2) is 8.45. The van der Waals surface area contributed by atoms with Crippen LogP contribution in [0.4, 0.5) is 5.69 Å². The number of hydrogen-bond acceptors (Lipinski definition) is 3. The van der Waals surface area contributed by atoms with Crippen molar-refractivity contribution in [2.75, 3.05) is 32.0 Å². The van der Waals surface area contributed by atoms with Gasteiger partial charge in [0.15, 0.2) is 0 Å². The van der Waals surface area contributed by atoms with Crippen molar-refractivity contribution in [3.63, 3.8) is 0 Å². The molecule has 1 aliphatic rings. The Morgan fingerprint density at radius 1 is 1.35 bits per heavy atom. The van der Waals surface area contributed by atoms with E-state index in [-0.39, 0.29) is 11.8 Å². The minimum absolute atomic E-state index is 0.0334. The number of halogens is 1. The Hall–Kier alpha value is -1.40. The van der Waals surface area contributed by atoms with Gasteiger partial charge in [0.1, 0.15) is 0 Å². The summed E-state index contributed by atoms with van der Waals surface area (Å²) in [6, 6.07) is 7.93. The fourth-order valence-corrected chi connectivity index (χ4v) is 3.24. The van der Waals surface area contributed by atoms with Crippen molar-refractivity contribution in [2.24, 2.45) is 0 Å². The van der Waals surface area contributed by atoms with Gasteiger partial charge in [-0.15, -0.1) is 0 Å². The highest BCUT2D eigenvalue weighted by molar-refractivity contribution is 9.10. The standard InChI is InChI=1S/C17H24BrN3O2/c1-13(22)20(2)16-6-9-21(10-7-16)11-8-17(23)19-15-5-3-4-14(18)12-15/h3-5,12,16H,6-11H2,1-2H3,(H,19,23). The summed E-state index contributed by atoms with van der Waals surface area (Å²) in [5, 5.41) is 2.92. The summed E-state index contributed by atoms with van der Waals surface area (Å²) < 4.78 is 0.951. The molecule has 1 N–H and O–H groups in total. The van der Waals surface area contributed by atoms with E-state index in [2.05, 4.69) is 26.1 Å². The van der Waals surface area contributed by atoms with E-state index in [0.717, 1.165) is 42.6 Å². The zero-order valence-electron chi connectivity index (χ0n) is 13.7. The molecule has 126 valence electrons. The molecule has 1 aromatic rings. The number of likely N-dealkylation sites (tertiary alicyclic amines) is 1. The van der Waals surface area contributed by atoms with Crippen molar-refractivity contribution in [1.29, 1.82) is 0 Å². The molecule has 1 aromatic carbocycles. The van der Waals surface area contributed by atoms with Crippen LogP contribution in [-0.4, -0.2) is 54.3 Å². The number of nitrogens with zero attached hydrogens (tertiary/aromatic N) is 2. The van der Waals surface area contributed by atoms with Crippen LogP contribution in [0, 0.1) is 0 Å². The zero-order valence-corrected chi connectivity index (χ0v) is 15.3. The van der Waals surface area contributed by atoms with Gasteiger partial charge < -0.3 is 15.1 Å². The summed E-state index contributed by atoms with van der Waals surface area (Å²) in [4.78, 5) is 27.5. The first-order valence-corrected chi connectivity index (χ1v) is 8.76. The topological polar surface area (TPSA) is 52.7 Å². The van der Waals surface area contributed by atoms with Crippen molar-refractivity contribution in [3.8, 4) is 0 Å².